The van der Waals surface area contributed by atoms with E-state index in [1.807, 2.05) is 13.8 Å². The number of hydrogen-bond acceptors (Lipinski definition) is 5. The first-order valence-corrected chi connectivity index (χ1v) is 7.01. The number of halogens is 1. The fraction of sp³-hybridized carbons (Fsp3) is 0.500. The Morgan fingerprint density at radius 1 is 1.33 bits per heavy atom. The number of nitrogen functional groups attached to an aromatic ring is 1. The van der Waals surface area contributed by atoms with Crippen molar-refractivity contribution in [3.8, 4) is 11.4 Å². The van der Waals surface area contributed by atoms with Crippen molar-refractivity contribution in [3.63, 3.8) is 0 Å². The Hall–Kier alpha value is -2.02. The van der Waals surface area contributed by atoms with Gasteiger partial charge in [0.1, 0.15) is 5.82 Å². The quantitative estimate of drug-likeness (QED) is 0.626. The van der Waals surface area contributed by atoms with E-state index in [0.717, 1.165) is 12.8 Å². The highest BCUT2D eigenvalue weighted by molar-refractivity contribution is 5.59. The third kappa shape index (κ3) is 4.22. The van der Waals surface area contributed by atoms with Crippen LogP contribution in [0.2, 0.25) is 0 Å². The minimum atomic E-state index is -0.422. The van der Waals surface area contributed by atoms with Gasteiger partial charge in [-0.1, -0.05) is 0 Å². The zero-order valence-electron chi connectivity index (χ0n) is 12.3. The molecule has 0 amide bonds. The fourth-order valence-corrected chi connectivity index (χ4v) is 1.94. The zero-order chi connectivity index (χ0) is 15.2. The number of nitrogens with zero attached hydrogens (tertiary/aromatic N) is 4. The van der Waals surface area contributed by atoms with E-state index in [0.29, 0.717) is 30.2 Å². The van der Waals surface area contributed by atoms with Crippen molar-refractivity contribution in [2.45, 2.75) is 39.3 Å². The molecule has 0 aliphatic rings. The van der Waals surface area contributed by atoms with Crippen LogP contribution in [0, 0.1) is 5.82 Å². The highest BCUT2D eigenvalue weighted by Crippen LogP contribution is 2.22. The molecule has 7 heteroatoms. The molecule has 6 nitrogen and oxygen atoms in total. The van der Waals surface area contributed by atoms with E-state index < -0.39 is 5.82 Å². The Labute approximate surface area is 123 Å². The van der Waals surface area contributed by atoms with E-state index in [4.69, 9.17) is 10.5 Å². The average molecular weight is 293 g/mol. The Bertz CT molecular complexity index is 584. The van der Waals surface area contributed by atoms with Gasteiger partial charge in [0, 0.05) is 18.8 Å². The number of hydrogen-bond donors (Lipinski definition) is 1. The molecule has 1 heterocycles. The van der Waals surface area contributed by atoms with Gasteiger partial charge in [-0.25, -0.2) is 9.07 Å². The summed E-state index contributed by atoms with van der Waals surface area (Å²) >= 11 is 0. The fourth-order valence-electron chi connectivity index (χ4n) is 1.94. The molecule has 2 N–H and O–H groups in total. The maximum atomic E-state index is 13.9. The third-order valence-corrected chi connectivity index (χ3v) is 2.98. The molecule has 21 heavy (non-hydrogen) atoms. The number of aromatic nitrogens is 4. The maximum Gasteiger partial charge on any atom is 0.184 e. The number of unbranched alkanes of at least 4 members (excludes halogenated alkanes) is 1. The van der Waals surface area contributed by atoms with E-state index in [1.54, 1.807) is 16.8 Å². The van der Waals surface area contributed by atoms with Crippen molar-refractivity contribution in [1.82, 2.24) is 20.2 Å². The molecule has 1 aromatic heterocycles. The molecule has 2 rings (SSSR count). The highest BCUT2D eigenvalue weighted by atomic mass is 19.1. The average Bonchev–Trinajstić information content (AvgIpc) is 2.86. The standard InChI is InChI=1S/C14H20FN5O/c1-10(2)21-8-4-3-7-20-14(17-18-19-20)12-6-5-11(16)9-13(12)15/h5-6,9-10H,3-4,7-8,16H2,1-2H3. The van der Waals surface area contributed by atoms with E-state index in [-0.39, 0.29) is 6.10 Å². The lowest BCUT2D eigenvalue weighted by atomic mass is 10.2. The molecule has 0 saturated carbocycles. The van der Waals surface area contributed by atoms with Gasteiger partial charge in [0.05, 0.1) is 11.7 Å². The summed E-state index contributed by atoms with van der Waals surface area (Å²) in [7, 11) is 0. The van der Waals surface area contributed by atoms with Crippen LogP contribution < -0.4 is 5.73 Å². The lowest BCUT2D eigenvalue weighted by molar-refractivity contribution is 0.0753. The molecule has 0 fully saturated rings. The van der Waals surface area contributed by atoms with Crippen LogP contribution in [0.5, 0.6) is 0 Å². The highest BCUT2D eigenvalue weighted by Gasteiger charge is 2.13. The molecule has 0 aliphatic carbocycles. The summed E-state index contributed by atoms with van der Waals surface area (Å²) in [6.45, 7) is 5.33. The van der Waals surface area contributed by atoms with Gasteiger partial charge >= 0.3 is 0 Å². The second-order valence-electron chi connectivity index (χ2n) is 5.09. The largest absolute Gasteiger partial charge is 0.399 e. The van der Waals surface area contributed by atoms with Crippen molar-refractivity contribution in [1.29, 1.82) is 0 Å². The summed E-state index contributed by atoms with van der Waals surface area (Å²) < 4.78 is 21.0. The number of tetrazole rings is 1. The molecule has 0 saturated heterocycles. The predicted octanol–water partition coefficient (Wildman–Crippen LogP) is 2.27. The number of aryl methyl sites for hydroxylation is 1. The summed E-state index contributed by atoms with van der Waals surface area (Å²) in [5.41, 5.74) is 6.27. The summed E-state index contributed by atoms with van der Waals surface area (Å²) in [6, 6.07) is 4.49. The van der Waals surface area contributed by atoms with Crippen LogP contribution in [-0.4, -0.2) is 32.9 Å². The molecule has 0 atom stereocenters. The molecule has 0 bridgehead atoms. The molecular weight excluding hydrogens is 273 g/mol. The van der Waals surface area contributed by atoms with Crippen LogP contribution in [0.3, 0.4) is 0 Å². The number of benzene rings is 1. The second-order valence-corrected chi connectivity index (χ2v) is 5.09. The molecule has 2 aromatic rings. The first kappa shape index (κ1) is 15.4. The number of rotatable bonds is 7. The third-order valence-electron chi connectivity index (χ3n) is 2.98. The normalized spacial score (nSPS) is 11.2. The summed E-state index contributed by atoms with van der Waals surface area (Å²) in [5.74, 6) is -0.00790. The Morgan fingerprint density at radius 2 is 2.14 bits per heavy atom. The molecule has 0 spiro atoms. The Kier molecular flexibility index (Phi) is 5.21. The topological polar surface area (TPSA) is 78.8 Å². The zero-order valence-corrected chi connectivity index (χ0v) is 12.3. The van der Waals surface area contributed by atoms with Crippen molar-refractivity contribution in [3.05, 3.63) is 24.0 Å². The van der Waals surface area contributed by atoms with Gasteiger partial charge in [0.2, 0.25) is 0 Å². The lowest BCUT2D eigenvalue weighted by Crippen LogP contribution is -2.07. The van der Waals surface area contributed by atoms with Crippen LogP contribution in [-0.2, 0) is 11.3 Å². The first-order chi connectivity index (χ1) is 10.1. The Balaban J connectivity index is 1.98. The SMILES string of the molecule is CC(C)OCCCCn1nnnc1-c1ccc(N)cc1F. The molecule has 0 unspecified atom stereocenters. The van der Waals surface area contributed by atoms with E-state index in [9.17, 15) is 4.39 Å². The van der Waals surface area contributed by atoms with Crippen molar-refractivity contribution < 1.29 is 9.13 Å². The first-order valence-electron chi connectivity index (χ1n) is 7.01. The summed E-state index contributed by atoms with van der Waals surface area (Å²) in [4.78, 5) is 0. The lowest BCUT2D eigenvalue weighted by Gasteiger charge is -2.08. The second kappa shape index (κ2) is 7.12. The summed E-state index contributed by atoms with van der Waals surface area (Å²) in [5, 5.41) is 11.4. The van der Waals surface area contributed by atoms with Crippen molar-refractivity contribution >= 4 is 5.69 Å². The number of ether oxygens (including phenoxy) is 1. The van der Waals surface area contributed by atoms with Gasteiger partial charge in [0.25, 0.3) is 0 Å². The van der Waals surface area contributed by atoms with Crippen LogP contribution in [0.25, 0.3) is 11.4 Å². The molecule has 114 valence electrons. The van der Waals surface area contributed by atoms with Gasteiger partial charge in [-0.2, -0.15) is 0 Å². The minimum absolute atomic E-state index is 0.234. The molecule has 0 radical (unpaired) electrons. The van der Waals surface area contributed by atoms with Crippen LogP contribution in [0.1, 0.15) is 26.7 Å². The van der Waals surface area contributed by atoms with Gasteiger partial charge in [-0.05, 0) is 55.3 Å². The van der Waals surface area contributed by atoms with Crippen molar-refractivity contribution in [2.75, 3.05) is 12.3 Å². The van der Waals surface area contributed by atoms with Crippen LogP contribution in [0.4, 0.5) is 10.1 Å². The van der Waals surface area contributed by atoms with Crippen LogP contribution >= 0.6 is 0 Å². The van der Waals surface area contributed by atoms with Gasteiger partial charge in [-0.15, -0.1) is 5.10 Å². The smallest absolute Gasteiger partial charge is 0.184 e. The van der Waals surface area contributed by atoms with Gasteiger partial charge < -0.3 is 10.5 Å². The summed E-state index contributed by atoms with van der Waals surface area (Å²) in [6.07, 6.45) is 2.00. The minimum Gasteiger partial charge on any atom is -0.399 e. The van der Waals surface area contributed by atoms with Crippen LogP contribution in [0.15, 0.2) is 18.2 Å². The Morgan fingerprint density at radius 3 is 2.86 bits per heavy atom. The molecule has 0 aliphatic heterocycles. The number of anilines is 1. The van der Waals surface area contributed by atoms with Gasteiger partial charge in [-0.3, -0.25) is 0 Å². The van der Waals surface area contributed by atoms with Crippen molar-refractivity contribution in [2.24, 2.45) is 0 Å². The predicted molar refractivity (Wildman–Crippen MR) is 77.9 cm³/mol. The van der Waals surface area contributed by atoms with E-state index >= 15 is 0 Å². The molecular formula is C14H20FN5O. The monoisotopic (exact) mass is 293 g/mol. The van der Waals surface area contributed by atoms with E-state index in [1.165, 1.54) is 6.07 Å². The molecule has 1 aromatic carbocycles. The van der Waals surface area contributed by atoms with E-state index in [2.05, 4.69) is 15.5 Å². The maximum absolute atomic E-state index is 13.9. The van der Waals surface area contributed by atoms with Gasteiger partial charge in [0.15, 0.2) is 5.82 Å². The number of nitrogens with two attached hydrogens (primary N) is 1.